The molecule has 4 aromatic rings. The van der Waals surface area contributed by atoms with Crippen LogP contribution in [0.2, 0.25) is 0 Å². The van der Waals surface area contributed by atoms with Gasteiger partial charge in [-0.2, -0.15) is 13.0 Å². The third-order valence-electron chi connectivity index (χ3n) is 13.0. The first-order chi connectivity index (χ1) is 32.9. The summed E-state index contributed by atoms with van der Waals surface area (Å²) in [6, 6.07) is 8.64. The van der Waals surface area contributed by atoms with Gasteiger partial charge in [0.25, 0.3) is 10.1 Å². The molecule has 0 saturated heterocycles. The van der Waals surface area contributed by atoms with Gasteiger partial charge in [-0.1, -0.05) is 12.1 Å². The number of benzene rings is 4. The Labute approximate surface area is 412 Å². The van der Waals surface area contributed by atoms with E-state index < -0.39 is 92.7 Å². The number of fused-ring (bicyclic) bond motifs is 6. The van der Waals surface area contributed by atoms with Gasteiger partial charge < -0.3 is 37.7 Å². The number of carboxylic acid groups (broad SMARTS) is 1. The fourth-order valence-corrected chi connectivity index (χ4v) is 13.0. The molecule has 0 fully saturated rings. The normalized spacial score (nSPS) is 19.5. The molecule has 6 rings (SSSR count). The van der Waals surface area contributed by atoms with E-state index in [4.69, 9.17) is 9.47 Å². The quantitative estimate of drug-likeness (QED) is 0.0583. The molecule has 388 valence electrons. The van der Waals surface area contributed by atoms with Crippen molar-refractivity contribution in [3.05, 3.63) is 83.6 Å². The van der Waals surface area contributed by atoms with E-state index in [0.29, 0.717) is 53.3 Å². The maximum Gasteiger partial charge on any atom is 0.303 e. The van der Waals surface area contributed by atoms with Crippen molar-refractivity contribution in [2.45, 2.75) is 96.1 Å². The number of nitrogens with zero attached hydrogens (tertiary/aromatic N) is 2. The molecule has 21 nitrogen and oxygen atoms in total. The minimum atomic E-state index is -5.43. The standard InChI is InChI=1S/C45H54N2O19S5/c1-5-46-35-16-14-31-33(25-29(68(53,54)55)27-37(31)70(59,60)61)42(35)45(3,19-21-66-23-22-65-4)39(46)11-9-12-40-44(2,18-10-24-67(50,51)52)43-34-26-30(69(56,57)58)28-38(71(62,63)64)32(34)15-17-36(43)47(40)20-8-6-7-13-41(48)49/h9,11-12,14-17,25-28H,5-8,10,13,18-24H2,1-4H3,(H5-,48,49,50,51,52,53,54,55,56,57,58,59,60,61,62,63,64)/p-3. The zero-order valence-electron chi connectivity index (χ0n) is 38.8. The number of aliphatic carboxylic acids is 1. The van der Waals surface area contributed by atoms with E-state index in [1.54, 1.807) is 49.6 Å². The molecule has 26 heteroatoms. The van der Waals surface area contributed by atoms with Gasteiger partial charge in [-0.05, 0) is 117 Å². The summed E-state index contributed by atoms with van der Waals surface area (Å²) in [7, 11) is -24.6. The molecule has 0 aliphatic carbocycles. The molecule has 71 heavy (non-hydrogen) atoms. The molecule has 2 heterocycles. The average Bonchev–Trinajstić information content (AvgIpc) is 3.64. The number of rotatable bonds is 23. The van der Waals surface area contributed by atoms with E-state index in [1.165, 1.54) is 25.3 Å². The van der Waals surface area contributed by atoms with Gasteiger partial charge in [0.1, 0.15) is 47.0 Å². The molecule has 0 bridgehead atoms. The van der Waals surface area contributed by atoms with Gasteiger partial charge in [-0.3, -0.25) is 9.35 Å². The van der Waals surface area contributed by atoms with E-state index in [-0.39, 0.29) is 92.1 Å². The van der Waals surface area contributed by atoms with Crippen LogP contribution in [0.4, 0.5) is 11.4 Å². The highest BCUT2D eigenvalue weighted by Crippen LogP contribution is 2.54. The van der Waals surface area contributed by atoms with Crippen LogP contribution in [0.3, 0.4) is 0 Å². The van der Waals surface area contributed by atoms with Crippen LogP contribution in [0.1, 0.15) is 76.8 Å². The molecule has 0 saturated carbocycles. The zero-order valence-corrected chi connectivity index (χ0v) is 42.9. The van der Waals surface area contributed by atoms with Crippen LogP contribution in [0.25, 0.3) is 21.5 Å². The van der Waals surface area contributed by atoms with Crippen LogP contribution >= 0.6 is 0 Å². The van der Waals surface area contributed by atoms with Crippen molar-refractivity contribution in [1.82, 2.24) is 0 Å². The molecule has 0 radical (unpaired) electrons. The summed E-state index contributed by atoms with van der Waals surface area (Å²) in [6.07, 6.45) is 5.68. The number of methoxy groups -OCH3 is 1. The summed E-state index contributed by atoms with van der Waals surface area (Å²) in [5, 5.41) is 8.78. The van der Waals surface area contributed by atoms with Crippen molar-refractivity contribution in [3.8, 4) is 0 Å². The second-order valence-electron chi connectivity index (χ2n) is 17.6. The SMILES string of the molecule is CCN1C(=CC=CC2=[N+](CCCCCC(=O)O)c3ccc4c(S(=O)(=O)[O-])cc(S(=O)(=O)[O-])cc4c3C2(C)CCCS(=O)(=O)O)C(C)(CCOCCOC)c2c1ccc1c(S(=O)(=O)[O-])cc(S(=O)(=O)[O-])cc21. The zero-order chi connectivity index (χ0) is 52.7. The van der Waals surface area contributed by atoms with Gasteiger partial charge in [0, 0.05) is 73.0 Å². The van der Waals surface area contributed by atoms with Crippen LogP contribution in [0.5, 0.6) is 0 Å². The first-order valence-corrected chi connectivity index (χ1v) is 29.2. The number of carbonyl (C=O) groups is 1. The lowest BCUT2D eigenvalue weighted by Gasteiger charge is -2.30. The minimum Gasteiger partial charge on any atom is -0.744 e. The Hall–Kier alpha value is -4.71. The number of ether oxygens (including phenoxy) is 2. The average molecular weight is 1080 g/mol. The molecule has 2 aliphatic heterocycles. The van der Waals surface area contributed by atoms with E-state index in [2.05, 4.69) is 0 Å². The maximum absolute atomic E-state index is 12.7. The first kappa shape index (κ1) is 55.6. The molecular formula is C45H51N2O19S5-3. The largest absolute Gasteiger partial charge is 0.744 e. The topological polar surface area (TPSA) is 345 Å². The lowest BCUT2D eigenvalue weighted by atomic mass is 9.74. The molecule has 2 N–H and O–H groups in total. The number of unbranched alkanes of at least 4 members (excludes halogenated alkanes) is 2. The van der Waals surface area contributed by atoms with E-state index in [9.17, 15) is 74.8 Å². The van der Waals surface area contributed by atoms with Crippen molar-refractivity contribution in [2.75, 3.05) is 50.7 Å². The van der Waals surface area contributed by atoms with Crippen LogP contribution < -0.4 is 4.90 Å². The first-order valence-electron chi connectivity index (χ1n) is 22.0. The van der Waals surface area contributed by atoms with Crippen molar-refractivity contribution in [1.29, 1.82) is 0 Å². The second kappa shape index (κ2) is 20.7. The molecule has 2 aliphatic rings. The Morgan fingerprint density at radius 2 is 1.28 bits per heavy atom. The summed E-state index contributed by atoms with van der Waals surface area (Å²) in [4.78, 5) is 9.31. The predicted octanol–water partition coefficient (Wildman–Crippen LogP) is 4.57. The fourth-order valence-electron chi connectivity index (χ4n) is 9.87. The smallest absolute Gasteiger partial charge is 0.303 e. The molecule has 2 atom stereocenters. The predicted molar refractivity (Wildman–Crippen MR) is 254 cm³/mol. The third-order valence-corrected chi connectivity index (χ3v) is 17.1. The highest BCUT2D eigenvalue weighted by molar-refractivity contribution is 7.87. The highest BCUT2D eigenvalue weighted by Gasteiger charge is 2.49. The van der Waals surface area contributed by atoms with Gasteiger partial charge in [0.2, 0.25) is 5.69 Å². The summed E-state index contributed by atoms with van der Waals surface area (Å²) in [6.45, 7) is 6.10. The summed E-state index contributed by atoms with van der Waals surface area (Å²) < 4.78 is 198. The van der Waals surface area contributed by atoms with Crippen LogP contribution in [0, 0.1) is 0 Å². The molecule has 0 amide bonds. The second-order valence-corrected chi connectivity index (χ2v) is 24.6. The number of hydrogen-bond acceptors (Lipinski definition) is 18. The molecule has 2 unspecified atom stereocenters. The molecule has 0 aromatic heterocycles. The molecular weight excluding hydrogens is 1030 g/mol. The van der Waals surface area contributed by atoms with Crippen LogP contribution in [-0.2, 0) is 75.7 Å². The third kappa shape index (κ3) is 11.7. The summed E-state index contributed by atoms with van der Waals surface area (Å²) >= 11 is 0. The van der Waals surface area contributed by atoms with Gasteiger partial charge in [-0.25, -0.2) is 33.7 Å². The highest BCUT2D eigenvalue weighted by atomic mass is 32.2. The number of anilines is 1. The van der Waals surface area contributed by atoms with Crippen molar-refractivity contribution >= 4 is 95.2 Å². The van der Waals surface area contributed by atoms with Crippen LogP contribution in [0.15, 0.2) is 92.0 Å². The van der Waals surface area contributed by atoms with Gasteiger partial charge in [0.15, 0.2) is 5.71 Å². The Morgan fingerprint density at radius 3 is 1.80 bits per heavy atom. The molecule has 4 aromatic carbocycles. The number of likely N-dealkylation sites (N-methyl/N-ethyl adjacent to an activating group) is 1. The lowest BCUT2D eigenvalue weighted by Crippen LogP contribution is -2.32. The van der Waals surface area contributed by atoms with Crippen molar-refractivity contribution in [2.24, 2.45) is 0 Å². The number of hydrogen-bond donors (Lipinski definition) is 2. The van der Waals surface area contributed by atoms with Crippen molar-refractivity contribution < 1.29 is 88.8 Å². The van der Waals surface area contributed by atoms with Crippen molar-refractivity contribution in [3.63, 3.8) is 0 Å². The number of allylic oxidation sites excluding steroid dienone is 4. The lowest BCUT2D eigenvalue weighted by molar-refractivity contribution is -0.438. The summed E-state index contributed by atoms with van der Waals surface area (Å²) in [5.41, 5.74) is -0.331. The van der Waals surface area contributed by atoms with Gasteiger partial charge in [0.05, 0.1) is 44.0 Å². The molecule has 0 spiro atoms. The van der Waals surface area contributed by atoms with Crippen LogP contribution in [-0.4, -0.2) is 132 Å². The Bertz CT molecular complexity index is 3480. The Morgan fingerprint density at radius 1 is 0.704 bits per heavy atom. The number of carboxylic acids is 1. The van der Waals surface area contributed by atoms with Gasteiger partial charge in [-0.15, -0.1) is 0 Å². The summed E-state index contributed by atoms with van der Waals surface area (Å²) in [5.74, 6) is -1.76. The minimum absolute atomic E-state index is 0.00836. The fraction of sp³-hybridized carbons (Fsp3) is 0.422. The Kier molecular flexibility index (Phi) is 16.2. The van der Waals surface area contributed by atoms with E-state index in [0.717, 1.165) is 12.1 Å². The van der Waals surface area contributed by atoms with Gasteiger partial charge >= 0.3 is 5.97 Å². The van der Waals surface area contributed by atoms with E-state index in [1.807, 2.05) is 4.90 Å². The Balaban J connectivity index is 1.65. The maximum atomic E-state index is 12.7. The monoisotopic (exact) mass is 1080 g/mol. The van der Waals surface area contributed by atoms with E-state index >= 15 is 0 Å².